The number of aryl methyl sites for hydroxylation is 1. The Balaban J connectivity index is 1.14. The molecular weight excluding hydrogens is 512 g/mol. The van der Waals surface area contributed by atoms with Crippen molar-refractivity contribution in [3.05, 3.63) is 76.8 Å². The van der Waals surface area contributed by atoms with E-state index < -0.39 is 10.0 Å². The third-order valence-electron chi connectivity index (χ3n) is 7.78. The minimum atomic E-state index is -3.55. The molecule has 38 heavy (non-hydrogen) atoms. The van der Waals surface area contributed by atoms with Crippen LogP contribution in [-0.4, -0.2) is 43.5 Å². The van der Waals surface area contributed by atoms with Crippen LogP contribution in [0, 0.1) is 0 Å². The standard InChI is InChI=1S/C30H38N4O2S2/c1-2-19-34(26-14-17-28-29(21-26)37-30(31)32-28)20-18-22-8-12-25(13-9-22)33-38(35,36)27-15-10-24(11-16-27)23-6-4-3-5-7-23/h3-8,10-11,15-16,25-26,33H,2,9,12-14,17-21H2,1H3,(H2,31,32). The molecule has 5 rings (SSSR count). The van der Waals surface area contributed by atoms with Crippen molar-refractivity contribution in [3.8, 4) is 11.1 Å². The molecule has 0 radical (unpaired) electrons. The molecule has 2 aliphatic carbocycles. The Hall–Kier alpha value is -2.52. The van der Waals surface area contributed by atoms with Gasteiger partial charge in [-0.2, -0.15) is 0 Å². The second kappa shape index (κ2) is 12.1. The Kier molecular flexibility index (Phi) is 8.63. The number of nitrogen functional groups attached to an aromatic ring is 1. The van der Waals surface area contributed by atoms with Crippen LogP contribution in [0.15, 0.2) is 71.1 Å². The van der Waals surface area contributed by atoms with Gasteiger partial charge in [0.05, 0.1) is 10.6 Å². The lowest BCUT2D eigenvalue weighted by molar-refractivity contribution is 0.181. The second-order valence-electron chi connectivity index (χ2n) is 10.4. The number of benzene rings is 2. The van der Waals surface area contributed by atoms with Gasteiger partial charge in [0.25, 0.3) is 0 Å². The van der Waals surface area contributed by atoms with Gasteiger partial charge in [-0.3, -0.25) is 4.90 Å². The zero-order valence-electron chi connectivity index (χ0n) is 22.1. The first kappa shape index (κ1) is 27.1. The smallest absolute Gasteiger partial charge is 0.240 e. The summed E-state index contributed by atoms with van der Waals surface area (Å²) in [5.74, 6) is 0. The molecular formula is C30H38N4O2S2. The lowest BCUT2D eigenvalue weighted by Crippen LogP contribution is -2.40. The molecule has 6 nitrogen and oxygen atoms in total. The highest BCUT2D eigenvalue weighted by Crippen LogP contribution is 2.31. The predicted octanol–water partition coefficient (Wildman–Crippen LogP) is 5.81. The zero-order chi connectivity index (χ0) is 26.5. The highest BCUT2D eigenvalue weighted by Gasteiger charge is 2.27. The zero-order valence-corrected chi connectivity index (χ0v) is 23.7. The maximum absolute atomic E-state index is 13.0. The van der Waals surface area contributed by atoms with E-state index >= 15 is 0 Å². The topological polar surface area (TPSA) is 88.3 Å². The quantitative estimate of drug-likeness (QED) is 0.311. The molecule has 0 saturated carbocycles. The van der Waals surface area contributed by atoms with Crippen molar-refractivity contribution in [2.45, 2.75) is 75.3 Å². The Labute approximate surface area is 231 Å². The van der Waals surface area contributed by atoms with E-state index in [9.17, 15) is 8.42 Å². The van der Waals surface area contributed by atoms with Gasteiger partial charge in [0.15, 0.2) is 5.13 Å². The van der Waals surface area contributed by atoms with Crippen molar-refractivity contribution in [3.63, 3.8) is 0 Å². The summed E-state index contributed by atoms with van der Waals surface area (Å²) in [5.41, 5.74) is 10.7. The van der Waals surface area contributed by atoms with Crippen LogP contribution in [0.3, 0.4) is 0 Å². The Bertz CT molecular complexity index is 1350. The lowest BCUT2D eigenvalue weighted by Gasteiger charge is -2.34. The van der Waals surface area contributed by atoms with Crippen molar-refractivity contribution in [1.29, 1.82) is 0 Å². The van der Waals surface area contributed by atoms with Crippen molar-refractivity contribution in [2.24, 2.45) is 0 Å². The van der Waals surface area contributed by atoms with Crippen LogP contribution >= 0.6 is 11.3 Å². The minimum Gasteiger partial charge on any atom is -0.375 e. The van der Waals surface area contributed by atoms with Crippen LogP contribution in [0.4, 0.5) is 5.13 Å². The monoisotopic (exact) mass is 550 g/mol. The largest absolute Gasteiger partial charge is 0.375 e. The molecule has 3 N–H and O–H groups in total. The van der Waals surface area contributed by atoms with Gasteiger partial charge in [-0.15, -0.1) is 11.3 Å². The number of fused-ring (bicyclic) bond motifs is 1. The minimum absolute atomic E-state index is 0.0575. The van der Waals surface area contributed by atoms with Gasteiger partial charge in [0.1, 0.15) is 0 Å². The van der Waals surface area contributed by atoms with Gasteiger partial charge in [0, 0.05) is 23.5 Å². The number of nitrogens with one attached hydrogen (secondary N) is 1. The van der Waals surface area contributed by atoms with Crippen LogP contribution < -0.4 is 10.5 Å². The molecule has 1 heterocycles. The number of sulfonamides is 1. The fraction of sp³-hybridized carbons (Fsp3) is 0.433. The molecule has 0 bridgehead atoms. The molecule has 202 valence electrons. The molecule has 0 fully saturated rings. The van der Waals surface area contributed by atoms with Gasteiger partial charge < -0.3 is 5.73 Å². The molecule has 2 aliphatic rings. The molecule has 0 spiro atoms. The summed E-state index contributed by atoms with van der Waals surface area (Å²) in [6.45, 7) is 4.41. The van der Waals surface area contributed by atoms with Crippen molar-refractivity contribution < 1.29 is 8.42 Å². The van der Waals surface area contributed by atoms with Crippen LogP contribution in [0.2, 0.25) is 0 Å². The number of thiazole rings is 1. The predicted molar refractivity (Wildman–Crippen MR) is 157 cm³/mol. The fourth-order valence-corrected chi connectivity index (χ4v) is 7.94. The van der Waals surface area contributed by atoms with E-state index in [0.717, 1.165) is 75.6 Å². The number of nitrogens with two attached hydrogens (primary N) is 1. The van der Waals surface area contributed by atoms with Crippen LogP contribution in [0.1, 0.15) is 56.0 Å². The molecule has 0 amide bonds. The maximum Gasteiger partial charge on any atom is 0.240 e. The molecule has 2 atom stereocenters. The van der Waals surface area contributed by atoms with Gasteiger partial charge >= 0.3 is 0 Å². The van der Waals surface area contributed by atoms with E-state index in [2.05, 4.69) is 27.6 Å². The summed E-state index contributed by atoms with van der Waals surface area (Å²) in [5, 5.41) is 0.694. The molecule has 2 aromatic carbocycles. The highest BCUT2D eigenvalue weighted by molar-refractivity contribution is 7.89. The number of aromatic nitrogens is 1. The normalized spacial score (nSPS) is 19.8. The molecule has 0 aliphatic heterocycles. The molecule has 0 saturated heterocycles. The Morgan fingerprint density at radius 2 is 1.79 bits per heavy atom. The second-order valence-corrected chi connectivity index (χ2v) is 13.3. The van der Waals surface area contributed by atoms with E-state index in [1.54, 1.807) is 23.5 Å². The summed E-state index contributed by atoms with van der Waals surface area (Å²) in [7, 11) is -3.55. The number of nitrogens with zero attached hydrogens (tertiary/aromatic N) is 2. The highest BCUT2D eigenvalue weighted by atomic mass is 32.2. The maximum atomic E-state index is 13.0. The number of hydrogen-bond donors (Lipinski definition) is 2. The van der Waals surface area contributed by atoms with Gasteiger partial charge in [0.2, 0.25) is 10.0 Å². The third kappa shape index (κ3) is 6.54. The van der Waals surface area contributed by atoms with E-state index in [1.807, 2.05) is 42.5 Å². The SMILES string of the molecule is CCCN(CCC1=CCC(NS(=O)(=O)c2ccc(-c3ccccc3)cc2)CC1)C1CCc2nc(N)sc2C1. The first-order chi connectivity index (χ1) is 18.4. The number of rotatable bonds is 10. The molecule has 8 heteroatoms. The van der Waals surface area contributed by atoms with Gasteiger partial charge in [-0.25, -0.2) is 18.1 Å². The van der Waals surface area contributed by atoms with Crippen LogP contribution in [0.5, 0.6) is 0 Å². The van der Waals surface area contributed by atoms with E-state index in [4.69, 9.17) is 5.73 Å². The average Bonchev–Trinajstić information content (AvgIpc) is 3.31. The third-order valence-corrected chi connectivity index (χ3v) is 10.3. The summed E-state index contributed by atoms with van der Waals surface area (Å²) in [6, 6.07) is 17.6. The van der Waals surface area contributed by atoms with Gasteiger partial charge in [-0.1, -0.05) is 61.0 Å². The average molecular weight is 551 g/mol. The Morgan fingerprint density at radius 3 is 2.50 bits per heavy atom. The van der Waals surface area contributed by atoms with E-state index in [1.165, 1.54) is 16.1 Å². The van der Waals surface area contributed by atoms with E-state index in [-0.39, 0.29) is 6.04 Å². The molecule has 1 aromatic heterocycles. The number of anilines is 1. The summed E-state index contributed by atoms with van der Waals surface area (Å²) < 4.78 is 29.0. The lowest BCUT2D eigenvalue weighted by atomic mass is 9.92. The molecule has 3 aromatic rings. The fourth-order valence-electron chi connectivity index (χ4n) is 5.71. The molecule has 2 unspecified atom stereocenters. The van der Waals surface area contributed by atoms with Crippen LogP contribution in [0.25, 0.3) is 11.1 Å². The Morgan fingerprint density at radius 1 is 1.03 bits per heavy atom. The number of hydrogen-bond acceptors (Lipinski definition) is 6. The van der Waals surface area contributed by atoms with Crippen LogP contribution in [-0.2, 0) is 22.9 Å². The van der Waals surface area contributed by atoms with Gasteiger partial charge in [-0.05, 0) is 81.2 Å². The van der Waals surface area contributed by atoms with Crippen molar-refractivity contribution in [2.75, 3.05) is 18.8 Å². The first-order valence-corrected chi connectivity index (χ1v) is 16.0. The van der Waals surface area contributed by atoms with Crippen molar-refractivity contribution >= 4 is 26.5 Å². The summed E-state index contributed by atoms with van der Waals surface area (Å²) >= 11 is 1.65. The van der Waals surface area contributed by atoms with Crippen molar-refractivity contribution in [1.82, 2.24) is 14.6 Å². The van der Waals surface area contributed by atoms with E-state index in [0.29, 0.717) is 16.1 Å². The first-order valence-electron chi connectivity index (χ1n) is 13.7. The summed E-state index contributed by atoms with van der Waals surface area (Å²) in [4.78, 5) is 8.83. The summed E-state index contributed by atoms with van der Waals surface area (Å²) in [6.07, 6.45) is 10.2.